The lowest BCUT2D eigenvalue weighted by Crippen LogP contribution is -2.25. The molecule has 0 saturated heterocycles. The smallest absolute Gasteiger partial charge is 0.324 e. The number of aliphatic hydroxyl groups excluding tert-OH is 1. The van der Waals surface area contributed by atoms with Crippen LogP contribution in [0.1, 0.15) is 18.4 Å². The molecular formula is C10H14N2O3S. The summed E-state index contributed by atoms with van der Waals surface area (Å²) in [5, 5.41) is 24.8. The van der Waals surface area contributed by atoms with Crippen LogP contribution in [-0.2, 0) is 6.54 Å². The third kappa shape index (κ3) is 2.58. The molecule has 0 radical (unpaired) electrons. The van der Waals surface area contributed by atoms with Gasteiger partial charge in [0.15, 0.2) is 0 Å². The summed E-state index contributed by atoms with van der Waals surface area (Å²) in [5.41, 5.74) is 1.02. The van der Waals surface area contributed by atoms with E-state index in [0.717, 1.165) is 36.3 Å². The van der Waals surface area contributed by atoms with E-state index in [9.17, 15) is 10.1 Å². The van der Waals surface area contributed by atoms with Crippen molar-refractivity contribution in [2.45, 2.75) is 19.4 Å². The van der Waals surface area contributed by atoms with E-state index in [1.54, 1.807) is 11.4 Å². The van der Waals surface area contributed by atoms with Crippen molar-refractivity contribution in [3.8, 4) is 0 Å². The zero-order valence-corrected chi connectivity index (χ0v) is 9.63. The average molecular weight is 242 g/mol. The first kappa shape index (κ1) is 11.5. The molecule has 1 fully saturated rings. The van der Waals surface area contributed by atoms with E-state index >= 15 is 0 Å². The summed E-state index contributed by atoms with van der Waals surface area (Å²) in [5.74, 6) is 0. The third-order valence-electron chi connectivity index (χ3n) is 2.94. The molecule has 0 aromatic carbocycles. The number of nitrogens with one attached hydrogen (secondary N) is 1. The minimum absolute atomic E-state index is 0.0853. The summed E-state index contributed by atoms with van der Waals surface area (Å²) >= 11 is 1.15. The van der Waals surface area contributed by atoms with Gasteiger partial charge in [0.25, 0.3) is 0 Å². The van der Waals surface area contributed by atoms with Crippen LogP contribution >= 0.6 is 11.3 Å². The van der Waals surface area contributed by atoms with E-state index in [-0.39, 0.29) is 21.9 Å². The molecule has 0 spiro atoms. The topological polar surface area (TPSA) is 75.4 Å². The lowest BCUT2D eigenvalue weighted by Gasteiger charge is -2.11. The average Bonchev–Trinajstić information content (AvgIpc) is 2.88. The van der Waals surface area contributed by atoms with Gasteiger partial charge >= 0.3 is 5.00 Å². The first-order valence-corrected chi connectivity index (χ1v) is 6.07. The van der Waals surface area contributed by atoms with Gasteiger partial charge in [0.05, 0.1) is 4.92 Å². The summed E-state index contributed by atoms with van der Waals surface area (Å²) in [7, 11) is 0. The molecular weight excluding hydrogens is 228 g/mol. The van der Waals surface area contributed by atoms with Gasteiger partial charge in [0.1, 0.15) is 0 Å². The van der Waals surface area contributed by atoms with Gasteiger partial charge in [0.2, 0.25) is 0 Å². The van der Waals surface area contributed by atoms with E-state index in [2.05, 4.69) is 5.32 Å². The molecule has 16 heavy (non-hydrogen) atoms. The first-order valence-electron chi connectivity index (χ1n) is 5.19. The Hall–Kier alpha value is -0.980. The molecule has 0 atom stereocenters. The molecule has 88 valence electrons. The van der Waals surface area contributed by atoms with Crippen LogP contribution in [0.3, 0.4) is 0 Å². The van der Waals surface area contributed by atoms with Crippen molar-refractivity contribution in [2.75, 3.05) is 13.2 Å². The van der Waals surface area contributed by atoms with Crippen LogP contribution in [0.2, 0.25) is 0 Å². The van der Waals surface area contributed by atoms with E-state index in [4.69, 9.17) is 5.11 Å². The van der Waals surface area contributed by atoms with Crippen molar-refractivity contribution in [3.63, 3.8) is 0 Å². The van der Waals surface area contributed by atoms with Crippen LogP contribution in [0, 0.1) is 15.5 Å². The number of nitro groups is 1. The Morgan fingerprint density at radius 3 is 2.88 bits per heavy atom. The predicted molar refractivity (Wildman–Crippen MR) is 61.4 cm³/mol. The Bertz CT molecular complexity index is 387. The van der Waals surface area contributed by atoms with Crippen LogP contribution in [0.25, 0.3) is 0 Å². The van der Waals surface area contributed by atoms with Crippen molar-refractivity contribution >= 4 is 16.3 Å². The molecule has 1 aromatic heterocycles. The molecule has 0 unspecified atom stereocenters. The van der Waals surface area contributed by atoms with E-state index < -0.39 is 0 Å². The van der Waals surface area contributed by atoms with Gasteiger partial charge < -0.3 is 10.4 Å². The normalized spacial score (nSPS) is 17.3. The van der Waals surface area contributed by atoms with Crippen molar-refractivity contribution in [1.82, 2.24) is 5.32 Å². The molecule has 1 aromatic rings. The molecule has 1 saturated carbocycles. The SMILES string of the molecule is O=[N+]([O-])c1cc(CNCC2(CO)CC2)cs1. The van der Waals surface area contributed by atoms with Gasteiger partial charge in [-0.05, 0) is 18.4 Å². The fraction of sp³-hybridized carbons (Fsp3) is 0.600. The lowest BCUT2D eigenvalue weighted by atomic mass is 10.1. The number of hydrogen-bond donors (Lipinski definition) is 2. The molecule has 5 nitrogen and oxygen atoms in total. The van der Waals surface area contributed by atoms with Gasteiger partial charge in [-0.15, -0.1) is 0 Å². The minimum Gasteiger partial charge on any atom is -0.396 e. The fourth-order valence-corrected chi connectivity index (χ4v) is 2.32. The van der Waals surface area contributed by atoms with Crippen molar-refractivity contribution < 1.29 is 10.0 Å². The van der Waals surface area contributed by atoms with Gasteiger partial charge in [0, 0.05) is 36.6 Å². The van der Waals surface area contributed by atoms with Crippen LogP contribution in [-0.4, -0.2) is 23.2 Å². The van der Waals surface area contributed by atoms with Crippen LogP contribution < -0.4 is 5.32 Å². The van der Waals surface area contributed by atoms with E-state index in [1.807, 2.05) is 0 Å². The maximum atomic E-state index is 10.5. The number of aliphatic hydroxyl groups is 1. The molecule has 0 aliphatic heterocycles. The Balaban J connectivity index is 1.79. The van der Waals surface area contributed by atoms with Crippen molar-refractivity contribution in [3.05, 3.63) is 27.1 Å². The fourth-order valence-electron chi connectivity index (χ4n) is 1.59. The maximum absolute atomic E-state index is 10.5. The molecule has 2 N–H and O–H groups in total. The largest absolute Gasteiger partial charge is 0.396 e. The standard InChI is InChI=1S/C10H14N2O3S/c13-7-10(1-2-10)6-11-4-8-3-9(12(14)15)16-5-8/h3,5,11,13H,1-2,4,6-7H2. The first-order chi connectivity index (χ1) is 7.65. The van der Waals surface area contributed by atoms with Gasteiger partial charge in [-0.25, -0.2) is 0 Å². The Morgan fingerprint density at radius 1 is 1.62 bits per heavy atom. The Morgan fingerprint density at radius 2 is 2.38 bits per heavy atom. The molecule has 2 rings (SSSR count). The Labute approximate surface area is 97.3 Å². The molecule has 1 aliphatic carbocycles. The summed E-state index contributed by atoms with van der Waals surface area (Å²) in [4.78, 5) is 10.1. The molecule has 0 bridgehead atoms. The maximum Gasteiger partial charge on any atom is 0.324 e. The number of nitrogens with zero attached hydrogens (tertiary/aromatic N) is 1. The zero-order valence-electron chi connectivity index (χ0n) is 8.81. The summed E-state index contributed by atoms with van der Waals surface area (Å²) in [6.45, 7) is 1.64. The van der Waals surface area contributed by atoms with Crippen LogP contribution in [0.15, 0.2) is 11.4 Å². The number of rotatable bonds is 6. The monoisotopic (exact) mass is 242 g/mol. The quantitative estimate of drug-likeness (QED) is 0.586. The Kier molecular flexibility index (Phi) is 3.22. The number of thiophene rings is 1. The van der Waals surface area contributed by atoms with Gasteiger partial charge in [-0.3, -0.25) is 10.1 Å². The van der Waals surface area contributed by atoms with E-state index in [1.165, 1.54) is 0 Å². The highest BCUT2D eigenvalue weighted by Gasteiger charge is 2.41. The van der Waals surface area contributed by atoms with E-state index in [0.29, 0.717) is 6.54 Å². The summed E-state index contributed by atoms with van der Waals surface area (Å²) in [6, 6.07) is 1.59. The third-order valence-corrected chi connectivity index (χ3v) is 3.87. The van der Waals surface area contributed by atoms with Crippen LogP contribution in [0.4, 0.5) is 5.00 Å². The highest BCUT2D eigenvalue weighted by atomic mass is 32.1. The molecule has 6 heteroatoms. The molecule has 1 aliphatic rings. The highest BCUT2D eigenvalue weighted by molar-refractivity contribution is 7.13. The lowest BCUT2D eigenvalue weighted by molar-refractivity contribution is -0.380. The number of hydrogen-bond acceptors (Lipinski definition) is 5. The van der Waals surface area contributed by atoms with Crippen molar-refractivity contribution in [1.29, 1.82) is 0 Å². The second-order valence-corrected chi connectivity index (χ2v) is 5.20. The summed E-state index contributed by atoms with van der Waals surface area (Å²) < 4.78 is 0. The van der Waals surface area contributed by atoms with Crippen molar-refractivity contribution in [2.24, 2.45) is 5.41 Å². The van der Waals surface area contributed by atoms with Crippen LogP contribution in [0.5, 0.6) is 0 Å². The van der Waals surface area contributed by atoms with Gasteiger partial charge in [-0.2, -0.15) is 0 Å². The highest BCUT2D eigenvalue weighted by Crippen LogP contribution is 2.44. The second-order valence-electron chi connectivity index (χ2n) is 4.31. The molecule has 1 heterocycles. The predicted octanol–water partition coefficient (Wildman–Crippen LogP) is 1.52. The second kappa shape index (κ2) is 4.48. The minimum atomic E-state index is -0.371. The summed E-state index contributed by atoms with van der Waals surface area (Å²) in [6.07, 6.45) is 2.14. The van der Waals surface area contributed by atoms with Gasteiger partial charge in [-0.1, -0.05) is 11.3 Å². The zero-order chi connectivity index (χ0) is 11.6. The molecule has 0 amide bonds.